The van der Waals surface area contributed by atoms with Gasteiger partial charge in [0.05, 0.1) is 0 Å². The Balaban J connectivity index is 2.06. The molecule has 0 aliphatic rings. The van der Waals surface area contributed by atoms with Gasteiger partial charge in [-0.25, -0.2) is 0 Å². The van der Waals surface area contributed by atoms with Crippen LogP contribution in [-0.2, 0) is 17.8 Å². The SMILES string of the molecule is CN(C)Cc1cccc(C(=O)Nc2cccc(CCC(=O)O)c2)c1. The predicted octanol–water partition coefficient (Wildman–Crippen LogP) is 3.02. The van der Waals surface area contributed by atoms with E-state index >= 15 is 0 Å². The number of nitrogens with zero attached hydrogens (tertiary/aromatic N) is 1. The zero-order valence-corrected chi connectivity index (χ0v) is 14.0. The van der Waals surface area contributed by atoms with E-state index in [2.05, 4.69) is 5.32 Å². The first kappa shape index (κ1) is 17.7. The van der Waals surface area contributed by atoms with E-state index in [-0.39, 0.29) is 12.3 Å². The average molecular weight is 326 g/mol. The molecule has 5 nitrogen and oxygen atoms in total. The molecule has 2 aromatic rings. The second-order valence-corrected chi connectivity index (χ2v) is 5.99. The predicted molar refractivity (Wildman–Crippen MR) is 94.2 cm³/mol. The minimum atomic E-state index is -0.831. The standard InChI is InChI=1S/C19H22N2O3/c1-21(2)13-15-6-3-7-16(11-15)19(24)20-17-8-4-5-14(12-17)9-10-18(22)23/h3-8,11-12H,9-10,13H2,1-2H3,(H,20,24)(H,22,23). The van der Waals surface area contributed by atoms with Gasteiger partial charge in [-0.3, -0.25) is 9.59 Å². The van der Waals surface area contributed by atoms with E-state index in [1.54, 1.807) is 12.1 Å². The second kappa shape index (κ2) is 8.26. The molecule has 2 aromatic carbocycles. The molecule has 0 heterocycles. The molecule has 0 aliphatic heterocycles. The Hall–Kier alpha value is -2.66. The van der Waals surface area contributed by atoms with Gasteiger partial charge < -0.3 is 15.3 Å². The molecule has 0 atom stereocenters. The van der Waals surface area contributed by atoms with E-state index in [1.165, 1.54) is 0 Å². The number of hydrogen-bond acceptors (Lipinski definition) is 3. The third-order valence-electron chi connectivity index (χ3n) is 3.50. The van der Waals surface area contributed by atoms with Crippen LogP contribution >= 0.6 is 0 Å². The smallest absolute Gasteiger partial charge is 0.303 e. The first-order valence-electron chi connectivity index (χ1n) is 7.80. The van der Waals surface area contributed by atoms with Crippen LogP contribution in [0.2, 0.25) is 0 Å². The molecule has 1 amide bonds. The molecular weight excluding hydrogens is 304 g/mol. The topological polar surface area (TPSA) is 69.6 Å². The van der Waals surface area contributed by atoms with Crippen LogP contribution in [-0.4, -0.2) is 36.0 Å². The van der Waals surface area contributed by atoms with Gasteiger partial charge in [0.25, 0.3) is 5.91 Å². The molecule has 5 heteroatoms. The quantitative estimate of drug-likeness (QED) is 0.820. The highest BCUT2D eigenvalue weighted by atomic mass is 16.4. The number of carboxylic acid groups (broad SMARTS) is 1. The van der Waals surface area contributed by atoms with Crippen LogP contribution in [0.5, 0.6) is 0 Å². The average Bonchev–Trinajstić information content (AvgIpc) is 2.53. The summed E-state index contributed by atoms with van der Waals surface area (Å²) in [6.45, 7) is 0.770. The maximum Gasteiger partial charge on any atom is 0.303 e. The summed E-state index contributed by atoms with van der Waals surface area (Å²) < 4.78 is 0. The van der Waals surface area contributed by atoms with Crippen molar-refractivity contribution in [2.75, 3.05) is 19.4 Å². The lowest BCUT2D eigenvalue weighted by molar-refractivity contribution is -0.136. The number of aryl methyl sites for hydroxylation is 1. The van der Waals surface area contributed by atoms with Gasteiger partial charge in [0.15, 0.2) is 0 Å². The summed E-state index contributed by atoms with van der Waals surface area (Å²) in [6, 6.07) is 14.8. The molecule has 0 saturated heterocycles. The Morgan fingerprint density at radius 3 is 2.46 bits per heavy atom. The number of carbonyl (C=O) groups excluding carboxylic acids is 1. The maximum atomic E-state index is 12.4. The normalized spacial score (nSPS) is 10.6. The first-order valence-corrected chi connectivity index (χ1v) is 7.80. The fraction of sp³-hybridized carbons (Fsp3) is 0.263. The van der Waals surface area contributed by atoms with Crippen LogP contribution in [0, 0.1) is 0 Å². The van der Waals surface area contributed by atoms with Gasteiger partial charge in [0.2, 0.25) is 0 Å². The van der Waals surface area contributed by atoms with E-state index < -0.39 is 5.97 Å². The van der Waals surface area contributed by atoms with Crippen LogP contribution < -0.4 is 5.32 Å². The lowest BCUT2D eigenvalue weighted by Gasteiger charge is -2.11. The number of anilines is 1. The van der Waals surface area contributed by atoms with Gasteiger partial charge in [-0.1, -0.05) is 24.3 Å². The summed E-state index contributed by atoms with van der Waals surface area (Å²) in [5.74, 6) is -1.01. The molecule has 0 spiro atoms. The highest BCUT2D eigenvalue weighted by molar-refractivity contribution is 6.04. The Bertz CT molecular complexity index is 726. The van der Waals surface area contributed by atoms with Crippen molar-refractivity contribution >= 4 is 17.6 Å². The number of hydrogen-bond donors (Lipinski definition) is 2. The number of benzene rings is 2. The van der Waals surface area contributed by atoms with Crippen molar-refractivity contribution in [1.29, 1.82) is 0 Å². The summed E-state index contributed by atoms with van der Waals surface area (Å²) >= 11 is 0. The van der Waals surface area contributed by atoms with Crippen molar-refractivity contribution in [3.8, 4) is 0 Å². The molecule has 24 heavy (non-hydrogen) atoms. The van der Waals surface area contributed by atoms with Crippen molar-refractivity contribution in [3.63, 3.8) is 0 Å². The lowest BCUT2D eigenvalue weighted by atomic mass is 10.1. The number of rotatable bonds is 7. The van der Waals surface area contributed by atoms with Gasteiger partial charge in [-0.05, 0) is 55.9 Å². The second-order valence-electron chi connectivity index (χ2n) is 5.99. The van der Waals surface area contributed by atoms with Crippen molar-refractivity contribution in [1.82, 2.24) is 4.90 Å². The van der Waals surface area contributed by atoms with Crippen molar-refractivity contribution in [2.24, 2.45) is 0 Å². The van der Waals surface area contributed by atoms with E-state index in [1.807, 2.05) is 55.4 Å². The van der Waals surface area contributed by atoms with Gasteiger partial charge in [0, 0.05) is 24.2 Å². The number of amides is 1. The fourth-order valence-corrected chi connectivity index (χ4v) is 2.44. The molecule has 0 aromatic heterocycles. The summed E-state index contributed by atoms with van der Waals surface area (Å²) in [6.07, 6.45) is 0.515. The van der Waals surface area contributed by atoms with E-state index in [0.29, 0.717) is 17.7 Å². The van der Waals surface area contributed by atoms with E-state index in [0.717, 1.165) is 17.7 Å². The first-order chi connectivity index (χ1) is 11.4. The summed E-state index contributed by atoms with van der Waals surface area (Å²) in [7, 11) is 3.96. The van der Waals surface area contributed by atoms with Crippen LogP contribution in [0.4, 0.5) is 5.69 Å². The highest BCUT2D eigenvalue weighted by Crippen LogP contribution is 2.15. The number of carbonyl (C=O) groups is 2. The summed E-state index contributed by atoms with van der Waals surface area (Å²) in [5.41, 5.74) is 3.23. The fourth-order valence-electron chi connectivity index (χ4n) is 2.44. The summed E-state index contributed by atoms with van der Waals surface area (Å²) in [5, 5.41) is 11.6. The third-order valence-corrected chi connectivity index (χ3v) is 3.50. The molecule has 2 rings (SSSR count). The van der Waals surface area contributed by atoms with E-state index in [4.69, 9.17) is 5.11 Å². The summed E-state index contributed by atoms with van der Waals surface area (Å²) in [4.78, 5) is 25.1. The zero-order chi connectivity index (χ0) is 17.5. The van der Waals surface area contributed by atoms with Crippen LogP contribution in [0.25, 0.3) is 0 Å². The van der Waals surface area contributed by atoms with Crippen molar-refractivity contribution in [2.45, 2.75) is 19.4 Å². The number of nitrogens with one attached hydrogen (secondary N) is 1. The molecule has 0 bridgehead atoms. The largest absolute Gasteiger partial charge is 0.481 e. The van der Waals surface area contributed by atoms with Gasteiger partial charge in [-0.2, -0.15) is 0 Å². The van der Waals surface area contributed by atoms with Crippen molar-refractivity contribution in [3.05, 3.63) is 65.2 Å². The highest BCUT2D eigenvalue weighted by Gasteiger charge is 2.08. The van der Waals surface area contributed by atoms with Crippen LogP contribution in [0.1, 0.15) is 27.9 Å². The van der Waals surface area contributed by atoms with Gasteiger partial charge in [-0.15, -0.1) is 0 Å². The molecule has 0 unspecified atom stereocenters. The maximum absolute atomic E-state index is 12.4. The third kappa shape index (κ3) is 5.52. The Morgan fingerprint density at radius 2 is 1.75 bits per heavy atom. The molecule has 0 fully saturated rings. The van der Waals surface area contributed by atoms with Crippen LogP contribution in [0.15, 0.2) is 48.5 Å². The monoisotopic (exact) mass is 326 g/mol. The lowest BCUT2D eigenvalue weighted by Crippen LogP contribution is -2.14. The zero-order valence-electron chi connectivity index (χ0n) is 14.0. The molecule has 0 radical (unpaired) electrons. The molecule has 0 saturated carbocycles. The molecule has 126 valence electrons. The van der Waals surface area contributed by atoms with Crippen molar-refractivity contribution < 1.29 is 14.7 Å². The number of carboxylic acids is 1. The van der Waals surface area contributed by atoms with Crippen LogP contribution in [0.3, 0.4) is 0 Å². The molecule has 2 N–H and O–H groups in total. The molecule has 0 aliphatic carbocycles. The van der Waals surface area contributed by atoms with Gasteiger partial charge in [0.1, 0.15) is 0 Å². The minimum absolute atomic E-state index is 0.0734. The Labute approximate surface area is 141 Å². The Kier molecular flexibility index (Phi) is 6.09. The minimum Gasteiger partial charge on any atom is -0.481 e. The van der Waals surface area contributed by atoms with Gasteiger partial charge >= 0.3 is 5.97 Å². The Morgan fingerprint density at radius 1 is 1.04 bits per heavy atom. The van der Waals surface area contributed by atoms with E-state index in [9.17, 15) is 9.59 Å². The number of aliphatic carboxylic acids is 1. The molecular formula is C19H22N2O3.